The zero-order chi connectivity index (χ0) is 19.2. The van der Waals surface area contributed by atoms with Gasteiger partial charge in [0.2, 0.25) is 6.29 Å². The molecule has 1 heterocycles. The summed E-state index contributed by atoms with van der Waals surface area (Å²) in [6.07, 6.45) is -8.91. The number of ether oxygens (including phenoxy) is 2. The van der Waals surface area contributed by atoms with Gasteiger partial charge in [0.1, 0.15) is 24.1 Å². The third-order valence-corrected chi connectivity index (χ3v) is 4.57. The average molecular weight is 366 g/mol. The van der Waals surface area contributed by atoms with E-state index in [9.17, 15) is 29.7 Å². The van der Waals surface area contributed by atoms with E-state index in [1.165, 1.54) is 18.2 Å². The first-order valence-corrected chi connectivity index (χ1v) is 8.02. The topological polar surface area (TPSA) is 151 Å². The minimum Gasteiger partial charge on any atom is -0.479 e. The van der Waals surface area contributed by atoms with Crippen LogP contribution in [-0.4, -0.2) is 68.7 Å². The van der Waals surface area contributed by atoms with Crippen molar-refractivity contribution in [3.63, 3.8) is 0 Å². The van der Waals surface area contributed by atoms with Crippen LogP contribution in [0.2, 0.25) is 0 Å². The van der Waals surface area contributed by atoms with Crippen LogP contribution in [0.5, 0.6) is 5.75 Å². The summed E-state index contributed by atoms with van der Waals surface area (Å²) in [6, 6.07) is 4.34. The Morgan fingerprint density at radius 1 is 1.15 bits per heavy atom. The van der Waals surface area contributed by atoms with Crippen molar-refractivity contribution < 1.29 is 44.3 Å². The summed E-state index contributed by atoms with van der Waals surface area (Å²) in [7, 11) is 0. The maximum absolute atomic E-state index is 12.4. The van der Waals surface area contributed by atoms with Gasteiger partial charge in [0, 0.05) is 17.9 Å². The van der Waals surface area contributed by atoms with Crippen LogP contribution in [0.15, 0.2) is 18.2 Å². The average Bonchev–Trinajstić information content (AvgIpc) is 2.59. The molecule has 1 aliphatic carbocycles. The lowest BCUT2D eigenvalue weighted by atomic mass is 9.82. The third-order valence-electron chi connectivity index (χ3n) is 4.57. The van der Waals surface area contributed by atoms with Crippen molar-refractivity contribution in [1.29, 1.82) is 0 Å². The Labute approximate surface area is 147 Å². The summed E-state index contributed by atoms with van der Waals surface area (Å²) in [5.74, 6) is -2.63. The molecule has 3 rings (SSSR count). The van der Waals surface area contributed by atoms with E-state index < -0.39 is 42.6 Å². The third kappa shape index (κ3) is 2.99. The molecule has 140 valence electrons. The molecule has 6 atom stereocenters. The van der Waals surface area contributed by atoms with Crippen molar-refractivity contribution in [3.05, 3.63) is 29.3 Å². The minimum absolute atomic E-state index is 0.000621. The van der Waals surface area contributed by atoms with E-state index >= 15 is 0 Å². The highest BCUT2D eigenvalue weighted by Gasteiger charge is 2.48. The first-order chi connectivity index (χ1) is 12.2. The number of fused-ring (bicyclic) bond motifs is 1. The van der Waals surface area contributed by atoms with Gasteiger partial charge in [-0.2, -0.15) is 0 Å². The maximum atomic E-state index is 12.4. The maximum Gasteiger partial charge on any atom is 0.335 e. The van der Waals surface area contributed by atoms with Gasteiger partial charge in [-0.15, -0.1) is 0 Å². The van der Waals surface area contributed by atoms with Crippen LogP contribution in [-0.2, 0) is 9.53 Å². The van der Waals surface area contributed by atoms with Gasteiger partial charge in [0.15, 0.2) is 17.7 Å². The number of ketones is 2. The van der Waals surface area contributed by atoms with E-state index in [0.29, 0.717) is 0 Å². The zero-order valence-electron chi connectivity index (χ0n) is 13.7. The van der Waals surface area contributed by atoms with Gasteiger partial charge in [-0.05, 0) is 6.07 Å². The molecule has 26 heavy (non-hydrogen) atoms. The predicted molar refractivity (Wildman–Crippen MR) is 83.8 cm³/mol. The standard InChI is InChI=1S/C17H18O9/c1-6-5-8(18)10-7(11(6)19)3-2-4-9(10)25-17-14(22)12(20)13(21)15(26-17)16(23)24/h2-4,6,12-15,17,20-22H,5H2,1H3,(H,23,24). The molecule has 6 unspecified atom stereocenters. The molecule has 4 N–H and O–H groups in total. The number of rotatable bonds is 3. The van der Waals surface area contributed by atoms with E-state index in [1.807, 2.05) is 0 Å². The normalized spacial score (nSPS) is 34.3. The number of aliphatic carboxylic acids is 1. The number of carbonyl (C=O) groups excluding carboxylic acids is 2. The predicted octanol–water partition coefficient (Wildman–Crippen LogP) is -0.637. The SMILES string of the molecule is CC1CC(=O)c2c(OC3OC(C(=O)O)C(O)C(O)C3O)cccc2C1=O. The Kier molecular flexibility index (Phi) is 4.80. The minimum atomic E-state index is -1.85. The molecular formula is C17H18O9. The van der Waals surface area contributed by atoms with Crippen molar-refractivity contribution in [2.75, 3.05) is 0 Å². The fourth-order valence-electron chi connectivity index (χ4n) is 3.14. The van der Waals surface area contributed by atoms with Gasteiger partial charge in [-0.3, -0.25) is 9.59 Å². The van der Waals surface area contributed by atoms with Crippen molar-refractivity contribution in [3.8, 4) is 5.75 Å². The Bertz CT molecular complexity index is 759. The molecule has 9 heteroatoms. The van der Waals surface area contributed by atoms with Gasteiger partial charge in [0.25, 0.3) is 0 Å². The number of hydrogen-bond donors (Lipinski definition) is 4. The van der Waals surface area contributed by atoms with Gasteiger partial charge in [-0.1, -0.05) is 19.1 Å². The number of carboxylic acid groups (broad SMARTS) is 1. The number of Topliss-reactive ketones (excluding diaryl/α,β-unsaturated/α-hetero) is 2. The lowest BCUT2D eigenvalue weighted by molar-refractivity contribution is -0.271. The van der Waals surface area contributed by atoms with Crippen molar-refractivity contribution in [1.82, 2.24) is 0 Å². The summed E-state index contributed by atoms with van der Waals surface area (Å²) < 4.78 is 10.5. The second-order valence-corrected chi connectivity index (χ2v) is 6.42. The molecule has 0 aromatic heterocycles. The number of aliphatic hydroxyl groups excluding tert-OH is 3. The molecule has 0 amide bonds. The van der Waals surface area contributed by atoms with Gasteiger partial charge >= 0.3 is 5.97 Å². The fourth-order valence-corrected chi connectivity index (χ4v) is 3.14. The smallest absolute Gasteiger partial charge is 0.335 e. The Morgan fingerprint density at radius 3 is 2.50 bits per heavy atom. The molecular weight excluding hydrogens is 348 g/mol. The first-order valence-electron chi connectivity index (χ1n) is 8.02. The molecule has 9 nitrogen and oxygen atoms in total. The zero-order valence-corrected chi connectivity index (χ0v) is 13.7. The quantitative estimate of drug-likeness (QED) is 0.548. The van der Waals surface area contributed by atoms with Gasteiger partial charge in [0.05, 0.1) is 5.56 Å². The van der Waals surface area contributed by atoms with Gasteiger partial charge < -0.3 is 29.9 Å². The first kappa shape index (κ1) is 18.5. The molecule has 0 radical (unpaired) electrons. The molecule has 1 fully saturated rings. The molecule has 0 saturated carbocycles. The highest BCUT2D eigenvalue weighted by Crippen LogP contribution is 2.34. The molecule has 1 aromatic carbocycles. The molecule has 2 aliphatic rings. The summed E-state index contributed by atoms with van der Waals surface area (Å²) in [5.41, 5.74) is 0.200. The number of benzene rings is 1. The summed E-state index contributed by atoms with van der Waals surface area (Å²) in [4.78, 5) is 35.8. The number of carbonyl (C=O) groups is 3. The second-order valence-electron chi connectivity index (χ2n) is 6.42. The van der Waals surface area contributed by atoms with Crippen LogP contribution in [0.4, 0.5) is 0 Å². The van der Waals surface area contributed by atoms with Crippen LogP contribution < -0.4 is 4.74 Å². The number of carboxylic acids is 1. The molecule has 1 saturated heterocycles. The lowest BCUT2D eigenvalue weighted by Gasteiger charge is -2.38. The van der Waals surface area contributed by atoms with Crippen LogP contribution >= 0.6 is 0 Å². The summed E-state index contributed by atoms with van der Waals surface area (Å²) in [5, 5.41) is 38.6. The highest BCUT2D eigenvalue weighted by molar-refractivity contribution is 6.16. The Balaban J connectivity index is 1.93. The largest absolute Gasteiger partial charge is 0.479 e. The fraction of sp³-hybridized carbons (Fsp3) is 0.471. The van der Waals surface area contributed by atoms with Crippen LogP contribution in [0, 0.1) is 5.92 Å². The summed E-state index contributed by atoms with van der Waals surface area (Å²) in [6.45, 7) is 1.64. The second kappa shape index (κ2) is 6.76. The van der Waals surface area contributed by atoms with Crippen LogP contribution in [0.1, 0.15) is 34.1 Å². The molecule has 0 spiro atoms. The van der Waals surface area contributed by atoms with Gasteiger partial charge in [-0.25, -0.2) is 4.79 Å². The monoisotopic (exact) mass is 366 g/mol. The van der Waals surface area contributed by atoms with E-state index in [1.54, 1.807) is 6.92 Å². The molecule has 1 aliphatic heterocycles. The lowest BCUT2D eigenvalue weighted by Crippen LogP contribution is -2.61. The van der Waals surface area contributed by atoms with E-state index in [0.717, 1.165) is 0 Å². The van der Waals surface area contributed by atoms with Crippen molar-refractivity contribution in [2.24, 2.45) is 5.92 Å². The number of hydrogen-bond acceptors (Lipinski definition) is 8. The van der Waals surface area contributed by atoms with Crippen molar-refractivity contribution in [2.45, 2.75) is 44.1 Å². The van der Waals surface area contributed by atoms with E-state index in [4.69, 9.17) is 14.6 Å². The van der Waals surface area contributed by atoms with E-state index in [-0.39, 0.29) is 34.9 Å². The Hall–Kier alpha value is -2.33. The molecule has 0 bridgehead atoms. The van der Waals surface area contributed by atoms with Crippen LogP contribution in [0.25, 0.3) is 0 Å². The Morgan fingerprint density at radius 2 is 1.85 bits per heavy atom. The molecule has 1 aromatic rings. The summed E-state index contributed by atoms with van der Waals surface area (Å²) >= 11 is 0. The highest BCUT2D eigenvalue weighted by atomic mass is 16.7. The number of aliphatic hydroxyl groups is 3. The van der Waals surface area contributed by atoms with Crippen LogP contribution in [0.3, 0.4) is 0 Å². The van der Waals surface area contributed by atoms with E-state index in [2.05, 4.69) is 0 Å². The van der Waals surface area contributed by atoms with Crippen molar-refractivity contribution >= 4 is 17.5 Å².